The van der Waals surface area contributed by atoms with Gasteiger partial charge in [0.05, 0.1) is 31.1 Å². The van der Waals surface area contributed by atoms with Crippen LogP contribution < -0.4 is 20.3 Å². The summed E-state index contributed by atoms with van der Waals surface area (Å²) in [5.74, 6) is 2.44. The molecule has 3 aliphatic heterocycles. The normalized spacial score (nSPS) is 21.0. The Bertz CT molecular complexity index is 1350. The van der Waals surface area contributed by atoms with Crippen molar-refractivity contribution in [1.82, 2.24) is 24.8 Å². The van der Waals surface area contributed by atoms with Crippen LogP contribution in [0.5, 0.6) is 5.75 Å². The van der Waals surface area contributed by atoms with Crippen LogP contribution in [0.25, 0.3) is 22.2 Å². The molecule has 41 heavy (non-hydrogen) atoms. The fourth-order valence-electron chi connectivity index (χ4n) is 6.44. The molecule has 0 amide bonds. The highest BCUT2D eigenvalue weighted by molar-refractivity contribution is 5.98. The second-order valence-electron chi connectivity index (χ2n) is 11.5. The van der Waals surface area contributed by atoms with Gasteiger partial charge >= 0.3 is 0 Å². The molecule has 10 heteroatoms. The topological polar surface area (TPSA) is 90.9 Å². The summed E-state index contributed by atoms with van der Waals surface area (Å²) in [6.45, 7) is 10.4. The van der Waals surface area contributed by atoms with Crippen molar-refractivity contribution in [2.45, 2.75) is 44.7 Å². The molecule has 2 aromatic heterocycles. The predicted molar refractivity (Wildman–Crippen MR) is 165 cm³/mol. The van der Waals surface area contributed by atoms with Gasteiger partial charge in [-0.25, -0.2) is 15.0 Å². The number of methoxy groups -OCH3 is 1. The zero-order valence-corrected chi connectivity index (χ0v) is 24.9. The summed E-state index contributed by atoms with van der Waals surface area (Å²) in [4.78, 5) is 22.5. The molecular weight excluding hydrogens is 516 g/mol. The molecule has 5 heterocycles. The van der Waals surface area contributed by atoms with Crippen LogP contribution in [0.15, 0.2) is 24.4 Å². The van der Waals surface area contributed by atoms with Crippen molar-refractivity contribution in [2.24, 2.45) is 0 Å². The third-order valence-corrected chi connectivity index (χ3v) is 8.96. The number of aryl methyl sites for hydroxylation is 1. The van der Waals surface area contributed by atoms with E-state index in [0.29, 0.717) is 12.6 Å². The number of pyridine rings is 1. The van der Waals surface area contributed by atoms with Gasteiger partial charge in [0.1, 0.15) is 22.6 Å². The van der Waals surface area contributed by atoms with Gasteiger partial charge in [0, 0.05) is 70.7 Å². The first-order valence-corrected chi connectivity index (χ1v) is 15.2. The Morgan fingerprint density at radius 1 is 1.00 bits per heavy atom. The van der Waals surface area contributed by atoms with Gasteiger partial charge in [0.2, 0.25) is 0 Å². The number of nitrogens with one attached hydrogen (secondary N) is 2. The number of hydrogen-bond acceptors (Lipinski definition) is 10. The van der Waals surface area contributed by atoms with Gasteiger partial charge in [-0.1, -0.05) is 13.0 Å². The highest BCUT2D eigenvalue weighted by Crippen LogP contribution is 2.38. The molecule has 3 fully saturated rings. The molecule has 3 saturated heterocycles. The zero-order chi connectivity index (χ0) is 28.3. The quantitative estimate of drug-likeness (QED) is 0.425. The van der Waals surface area contributed by atoms with E-state index in [-0.39, 0.29) is 6.04 Å². The number of anilines is 3. The van der Waals surface area contributed by atoms with Gasteiger partial charge in [-0.2, -0.15) is 0 Å². The Balaban J connectivity index is 1.28. The molecule has 0 aliphatic carbocycles. The van der Waals surface area contributed by atoms with E-state index < -0.39 is 0 Å². The Kier molecular flexibility index (Phi) is 8.41. The number of likely N-dealkylation sites (N-methyl/N-ethyl adjacent to an activating group) is 1. The minimum absolute atomic E-state index is 0.251. The monoisotopic (exact) mass is 560 g/mol. The maximum Gasteiger partial charge on any atom is 0.153 e. The first-order valence-electron chi connectivity index (χ1n) is 15.2. The Labute approximate surface area is 243 Å². The number of rotatable bonds is 8. The van der Waals surface area contributed by atoms with Gasteiger partial charge in [-0.05, 0) is 50.4 Å². The number of nitrogens with zero attached hydrogens (tertiary/aromatic N) is 6. The number of aromatic nitrogens is 3. The van der Waals surface area contributed by atoms with Crippen LogP contribution in [0.2, 0.25) is 0 Å². The molecule has 0 spiro atoms. The van der Waals surface area contributed by atoms with Crippen LogP contribution in [0, 0.1) is 0 Å². The fourth-order valence-corrected chi connectivity index (χ4v) is 6.44. The molecule has 1 atom stereocenters. The van der Waals surface area contributed by atoms with Crippen molar-refractivity contribution >= 4 is 28.4 Å². The van der Waals surface area contributed by atoms with E-state index in [1.165, 1.54) is 39.0 Å². The summed E-state index contributed by atoms with van der Waals surface area (Å²) in [6.07, 6.45) is 6.02. The molecular formula is C31H44N8O2. The number of benzene rings is 1. The van der Waals surface area contributed by atoms with E-state index in [1.54, 1.807) is 7.11 Å². The van der Waals surface area contributed by atoms with Crippen LogP contribution in [-0.4, -0.2) is 111 Å². The lowest BCUT2D eigenvalue weighted by atomic mass is 10.00. The van der Waals surface area contributed by atoms with E-state index in [1.807, 2.05) is 13.2 Å². The minimum atomic E-state index is 0.251. The fraction of sp³-hybridized carbons (Fsp3) is 0.581. The van der Waals surface area contributed by atoms with Gasteiger partial charge < -0.3 is 29.9 Å². The second-order valence-corrected chi connectivity index (χ2v) is 11.5. The average molecular weight is 561 g/mol. The van der Waals surface area contributed by atoms with Crippen molar-refractivity contribution in [3.05, 3.63) is 30.1 Å². The summed E-state index contributed by atoms with van der Waals surface area (Å²) in [5, 5.41) is 6.80. The van der Waals surface area contributed by atoms with Crippen LogP contribution >= 0.6 is 0 Å². The zero-order valence-electron chi connectivity index (χ0n) is 24.9. The lowest BCUT2D eigenvalue weighted by Gasteiger charge is -2.42. The Morgan fingerprint density at radius 3 is 2.49 bits per heavy atom. The summed E-state index contributed by atoms with van der Waals surface area (Å²) in [6, 6.07) is 7.43. The first kappa shape index (κ1) is 27.9. The molecule has 10 nitrogen and oxygen atoms in total. The van der Waals surface area contributed by atoms with Crippen LogP contribution in [0.4, 0.5) is 17.3 Å². The van der Waals surface area contributed by atoms with Gasteiger partial charge in [-0.15, -0.1) is 0 Å². The molecule has 1 aromatic carbocycles. The van der Waals surface area contributed by atoms with Crippen molar-refractivity contribution < 1.29 is 9.47 Å². The van der Waals surface area contributed by atoms with Crippen molar-refractivity contribution in [1.29, 1.82) is 0 Å². The molecule has 3 aromatic rings. The molecule has 220 valence electrons. The third kappa shape index (κ3) is 5.78. The maximum absolute atomic E-state index is 5.97. The molecule has 0 saturated carbocycles. The second kappa shape index (κ2) is 12.3. The maximum atomic E-state index is 5.97. The number of fused-ring (bicyclic) bond motifs is 1. The minimum Gasteiger partial charge on any atom is -0.495 e. The third-order valence-electron chi connectivity index (χ3n) is 8.96. The predicted octanol–water partition coefficient (Wildman–Crippen LogP) is 3.72. The van der Waals surface area contributed by atoms with E-state index in [2.05, 4.69) is 57.5 Å². The highest BCUT2D eigenvalue weighted by Gasteiger charge is 2.28. The van der Waals surface area contributed by atoms with Crippen molar-refractivity contribution in [2.75, 3.05) is 89.2 Å². The van der Waals surface area contributed by atoms with E-state index >= 15 is 0 Å². The molecule has 6 rings (SSSR count). The average Bonchev–Trinajstić information content (AvgIpc) is 3.53. The largest absolute Gasteiger partial charge is 0.495 e. The number of ether oxygens (including phenoxy) is 2. The molecule has 3 aliphatic rings. The molecule has 0 bridgehead atoms. The summed E-state index contributed by atoms with van der Waals surface area (Å²) < 4.78 is 11.6. The van der Waals surface area contributed by atoms with E-state index in [9.17, 15) is 0 Å². The lowest BCUT2D eigenvalue weighted by molar-refractivity contribution is 0.0981. The van der Waals surface area contributed by atoms with Crippen LogP contribution in [-0.2, 0) is 11.2 Å². The Hall–Kier alpha value is -3.21. The van der Waals surface area contributed by atoms with Gasteiger partial charge in [-0.3, -0.25) is 4.90 Å². The summed E-state index contributed by atoms with van der Waals surface area (Å²) in [7, 11) is 5.86. The van der Waals surface area contributed by atoms with Crippen molar-refractivity contribution in [3.8, 4) is 16.9 Å². The Morgan fingerprint density at radius 2 is 1.80 bits per heavy atom. The number of hydrogen-bond donors (Lipinski definition) is 2. The highest BCUT2D eigenvalue weighted by atomic mass is 16.5. The lowest BCUT2D eigenvalue weighted by Crippen LogP contribution is -2.52. The standard InChI is InChI=1S/C31H44N8O2/c1-5-25-30(34-22-10-17-41-20-22)36-28-24(19-33-31(32-2)29(28)35-25)21-6-7-26(27(18-21)40-4)39-11-8-23(9-12-39)38-15-13-37(3)14-16-38/h6-7,18-19,22-23H,5,8-17,20H2,1-4H3,(H,32,33)(H,34,36). The SMILES string of the molecule is CCc1nc2c(NC)ncc(-c3ccc(N4CCC(N5CCN(C)CC5)CC4)c(OC)c3)c2nc1NC1CCOC1. The first-order chi connectivity index (χ1) is 20.1. The van der Waals surface area contributed by atoms with E-state index in [0.717, 1.165) is 83.5 Å². The smallest absolute Gasteiger partial charge is 0.153 e. The van der Waals surface area contributed by atoms with Gasteiger partial charge in [0.25, 0.3) is 0 Å². The molecule has 2 N–H and O–H groups in total. The van der Waals surface area contributed by atoms with Gasteiger partial charge in [0.15, 0.2) is 5.82 Å². The summed E-state index contributed by atoms with van der Waals surface area (Å²) >= 11 is 0. The molecule has 1 unspecified atom stereocenters. The van der Waals surface area contributed by atoms with Crippen LogP contribution in [0.3, 0.4) is 0 Å². The number of piperidine rings is 1. The summed E-state index contributed by atoms with van der Waals surface area (Å²) in [5.41, 5.74) is 5.66. The molecule has 0 radical (unpaired) electrons. The van der Waals surface area contributed by atoms with Crippen LogP contribution in [0.1, 0.15) is 31.9 Å². The number of piperazine rings is 1. The van der Waals surface area contributed by atoms with E-state index in [4.69, 9.17) is 24.4 Å². The van der Waals surface area contributed by atoms with Crippen molar-refractivity contribution in [3.63, 3.8) is 0 Å².